The van der Waals surface area contributed by atoms with Gasteiger partial charge in [-0.1, -0.05) is 6.08 Å². The SMILES string of the molecule is C=CCCCN(C)S(=O)(=O)c1cc(N)c(Br)cc1C. The Labute approximate surface area is 123 Å². The number of rotatable bonds is 6. The molecular formula is C13H19BrN2O2S. The zero-order valence-corrected chi connectivity index (χ0v) is 13.6. The predicted molar refractivity (Wildman–Crippen MR) is 82.5 cm³/mol. The summed E-state index contributed by atoms with van der Waals surface area (Å²) in [6.45, 7) is 5.84. The number of hydrogen-bond acceptors (Lipinski definition) is 3. The Morgan fingerprint density at radius 3 is 2.68 bits per heavy atom. The molecule has 6 heteroatoms. The molecule has 0 spiro atoms. The maximum atomic E-state index is 12.4. The van der Waals surface area contributed by atoms with Gasteiger partial charge in [-0.2, -0.15) is 0 Å². The molecule has 0 aliphatic rings. The van der Waals surface area contributed by atoms with E-state index in [9.17, 15) is 8.42 Å². The lowest BCUT2D eigenvalue weighted by atomic mass is 10.2. The molecule has 19 heavy (non-hydrogen) atoms. The van der Waals surface area contributed by atoms with Crippen LogP contribution in [0.25, 0.3) is 0 Å². The van der Waals surface area contributed by atoms with Gasteiger partial charge in [0.05, 0.1) is 4.90 Å². The number of unbranched alkanes of at least 4 members (excludes halogenated alkanes) is 1. The van der Waals surface area contributed by atoms with Crippen molar-refractivity contribution in [3.63, 3.8) is 0 Å². The molecule has 0 aromatic heterocycles. The van der Waals surface area contributed by atoms with Crippen molar-refractivity contribution in [3.05, 3.63) is 34.8 Å². The molecule has 1 aromatic carbocycles. The smallest absolute Gasteiger partial charge is 0.243 e. The molecule has 0 amide bonds. The summed E-state index contributed by atoms with van der Waals surface area (Å²) < 4.78 is 26.9. The van der Waals surface area contributed by atoms with E-state index in [4.69, 9.17) is 5.73 Å². The van der Waals surface area contributed by atoms with Crippen molar-refractivity contribution in [3.8, 4) is 0 Å². The molecule has 4 nitrogen and oxygen atoms in total. The van der Waals surface area contributed by atoms with Crippen molar-refractivity contribution in [2.45, 2.75) is 24.7 Å². The van der Waals surface area contributed by atoms with Gasteiger partial charge in [-0.3, -0.25) is 0 Å². The molecule has 2 N–H and O–H groups in total. The standard InChI is InChI=1S/C13H19BrN2O2S/c1-4-5-6-7-16(3)19(17,18)13-9-12(15)11(14)8-10(13)2/h4,8-9H,1,5-7,15H2,2-3H3. The van der Waals surface area contributed by atoms with E-state index in [1.807, 2.05) is 0 Å². The number of allylic oxidation sites excluding steroid dienone is 1. The van der Waals surface area contributed by atoms with Gasteiger partial charge in [0.15, 0.2) is 0 Å². The Morgan fingerprint density at radius 1 is 1.47 bits per heavy atom. The summed E-state index contributed by atoms with van der Waals surface area (Å²) in [6.07, 6.45) is 3.33. The normalized spacial score (nSPS) is 11.8. The van der Waals surface area contributed by atoms with Crippen molar-refractivity contribution in [1.29, 1.82) is 0 Å². The third kappa shape index (κ3) is 3.81. The van der Waals surface area contributed by atoms with Crippen LogP contribution in [0.4, 0.5) is 5.69 Å². The molecule has 0 aliphatic carbocycles. The van der Waals surface area contributed by atoms with Gasteiger partial charge in [-0.05, 0) is 53.4 Å². The Bertz CT molecular complexity index is 570. The van der Waals surface area contributed by atoms with Crippen molar-refractivity contribution in [1.82, 2.24) is 4.31 Å². The van der Waals surface area contributed by atoms with Gasteiger partial charge in [0.25, 0.3) is 0 Å². The Kier molecular flexibility index (Phi) is 5.58. The highest BCUT2D eigenvalue weighted by atomic mass is 79.9. The van der Waals surface area contributed by atoms with Gasteiger partial charge >= 0.3 is 0 Å². The van der Waals surface area contributed by atoms with Crippen LogP contribution < -0.4 is 5.73 Å². The first-order valence-electron chi connectivity index (χ1n) is 5.93. The number of nitrogens with two attached hydrogens (primary N) is 1. The van der Waals surface area contributed by atoms with Gasteiger partial charge in [0, 0.05) is 23.8 Å². The number of aryl methyl sites for hydroxylation is 1. The average Bonchev–Trinajstić information content (AvgIpc) is 2.33. The first kappa shape index (κ1) is 16.2. The number of nitrogen functional groups attached to an aromatic ring is 1. The maximum absolute atomic E-state index is 12.4. The first-order chi connectivity index (χ1) is 8.80. The van der Waals surface area contributed by atoms with Crippen LogP contribution in [0.5, 0.6) is 0 Å². The summed E-state index contributed by atoms with van der Waals surface area (Å²) in [6, 6.07) is 3.22. The minimum absolute atomic E-state index is 0.259. The monoisotopic (exact) mass is 346 g/mol. The second-order valence-electron chi connectivity index (χ2n) is 4.40. The average molecular weight is 347 g/mol. The van der Waals surface area contributed by atoms with Crippen LogP contribution in [-0.2, 0) is 10.0 Å². The molecule has 0 heterocycles. The second-order valence-corrected chi connectivity index (χ2v) is 7.26. The van der Waals surface area contributed by atoms with Crippen molar-refractivity contribution in [2.24, 2.45) is 0 Å². The third-order valence-electron chi connectivity index (χ3n) is 2.86. The summed E-state index contributed by atoms with van der Waals surface area (Å²) in [5.41, 5.74) is 6.86. The molecule has 0 saturated carbocycles. The Morgan fingerprint density at radius 2 is 2.11 bits per heavy atom. The third-order valence-corrected chi connectivity index (χ3v) is 5.55. The molecule has 0 bridgehead atoms. The largest absolute Gasteiger partial charge is 0.398 e. The van der Waals surface area contributed by atoms with Crippen molar-refractivity contribution < 1.29 is 8.42 Å². The maximum Gasteiger partial charge on any atom is 0.243 e. The highest BCUT2D eigenvalue weighted by Crippen LogP contribution is 2.28. The number of anilines is 1. The van der Waals surface area contributed by atoms with Crippen LogP contribution in [0, 0.1) is 6.92 Å². The van der Waals surface area contributed by atoms with Crippen molar-refractivity contribution >= 4 is 31.6 Å². The van der Waals surface area contributed by atoms with Crippen LogP contribution >= 0.6 is 15.9 Å². The predicted octanol–water partition coefficient (Wildman–Crippen LogP) is 2.93. The zero-order chi connectivity index (χ0) is 14.6. The Balaban J connectivity index is 3.06. The second kappa shape index (κ2) is 6.54. The molecule has 0 unspecified atom stereocenters. The van der Waals surface area contributed by atoms with Crippen LogP contribution in [0.15, 0.2) is 34.2 Å². The number of sulfonamides is 1. The summed E-state index contributed by atoms with van der Waals surface area (Å²) in [7, 11) is -1.91. The molecule has 1 aromatic rings. The molecule has 0 atom stereocenters. The minimum atomic E-state index is -3.49. The molecule has 1 rings (SSSR count). The highest BCUT2D eigenvalue weighted by molar-refractivity contribution is 9.10. The van der Waals surface area contributed by atoms with Crippen LogP contribution in [0.3, 0.4) is 0 Å². The lowest BCUT2D eigenvalue weighted by molar-refractivity contribution is 0.462. The van der Waals surface area contributed by atoms with Gasteiger partial charge in [0.2, 0.25) is 10.0 Å². The van der Waals surface area contributed by atoms with E-state index in [2.05, 4.69) is 22.5 Å². The Hall–Kier alpha value is -0.850. The topological polar surface area (TPSA) is 63.4 Å². The molecule has 0 fully saturated rings. The minimum Gasteiger partial charge on any atom is -0.398 e. The molecule has 0 aliphatic heterocycles. The molecular weight excluding hydrogens is 328 g/mol. The summed E-state index contributed by atoms with van der Waals surface area (Å²) in [5, 5.41) is 0. The fourth-order valence-electron chi connectivity index (χ4n) is 1.69. The van der Waals surface area contributed by atoms with Gasteiger partial charge < -0.3 is 5.73 Å². The van der Waals surface area contributed by atoms with Crippen LogP contribution in [0.1, 0.15) is 18.4 Å². The fraction of sp³-hybridized carbons (Fsp3) is 0.385. The van der Waals surface area contributed by atoms with Gasteiger partial charge in [-0.15, -0.1) is 6.58 Å². The van der Waals surface area contributed by atoms with Gasteiger partial charge in [0.1, 0.15) is 0 Å². The van der Waals surface area contributed by atoms with E-state index in [1.54, 1.807) is 26.1 Å². The zero-order valence-electron chi connectivity index (χ0n) is 11.2. The lowest BCUT2D eigenvalue weighted by Gasteiger charge is -2.19. The van der Waals surface area contributed by atoms with E-state index >= 15 is 0 Å². The van der Waals surface area contributed by atoms with E-state index in [0.717, 1.165) is 12.8 Å². The van der Waals surface area contributed by atoms with Gasteiger partial charge in [-0.25, -0.2) is 12.7 Å². The van der Waals surface area contributed by atoms with E-state index in [1.165, 1.54) is 10.4 Å². The van der Waals surface area contributed by atoms with Crippen molar-refractivity contribution in [2.75, 3.05) is 19.3 Å². The number of hydrogen-bond donors (Lipinski definition) is 1. The number of benzene rings is 1. The summed E-state index contributed by atoms with van der Waals surface area (Å²) >= 11 is 3.29. The summed E-state index contributed by atoms with van der Waals surface area (Å²) in [5.74, 6) is 0. The van der Waals surface area contributed by atoms with Crippen LogP contribution in [-0.4, -0.2) is 26.3 Å². The van der Waals surface area contributed by atoms with E-state index in [0.29, 0.717) is 22.3 Å². The number of nitrogens with zero attached hydrogens (tertiary/aromatic N) is 1. The fourth-order valence-corrected chi connectivity index (χ4v) is 3.60. The molecule has 106 valence electrons. The van der Waals surface area contributed by atoms with E-state index < -0.39 is 10.0 Å². The number of halogens is 1. The van der Waals surface area contributed by atoms with E-state index in [-0.39, 0.29) is 4.90 Å². The molecule has 0 radical (unpaired) electrons. The van der Waals surface area contributed by atoms with Crippen LogP contribution in [0.2, 0.25) is 0 Å². The molecule has 0 saturated heterocycles. The first-order valence-corrected chi connectivity index (χ1v) is 8.17. The highest BCUT2D eigenvalue weighted by Gasteiger charge is 2.23. The quantitative estimate of drug-likeness (QED) is 0.489. The summed E-state index contributed by atoms with van der Waals surface area (Å²) in [4.78, 5) is 0.259. The lowest BCUT2D eigenvalue weighted by Crippen LogP contribution is -2.28.